The van der Waals surface area contributed by atoms with Crippen molar-refractivity contribution in [3.63, 3.8) is 0 Å². The van der Waals surface area contributed by atoms with Crippen LogP contribution >= 0.6 is 0 Å². The molecule has 0 fully saturated rings. The Morgan fingerprint density at radius 2 is 1.86 bits per heavy atom. The van der Waals surface area contributed by atoms with Gasteiger partial charge in [0, 0.05) is 20.6 Å². The lowest BCUT2D eigenvalue weighted by atomic mass is 10.2. The highest BCUT2D eigenvalue weighted by molar-refractivity contribution is 7.89. The molecule has 1 aromatic carbocycles. The third-order valence-corrected chi connectivity index (χ3v) is 5.32. The molecule has 1 aromatic rings. The maximum absolute atomic E-state index is 12.7. The van der Waals surface area contributed by atoms with E-state index in [4.69, 9.17) is 4.74 Å². The fraction of sp³-hybridized carbons (Fsp3) is 0.533. The molecule has 0 aliphatic carbocycles. The van der Waals surface area contributed by atoms with Crippen molar-refractivity contribution in [2.45, 2.75) is 25.7 Å². The van der Waals surface area contributed by atoms with Gasteiger partial charge in [0.25, 0.3) is 0 Å². The molecule has 0 aliphatic rings. The molecule has 0 spiro atoms. The molecule has 0 radical (unpaired) electrons. The van der Waals surface area contributed by atoms with Gasteiger partial charge in [0.2, 0.25) is 15.9 Å². The van der Waals surface area contributed by atoms with Gasteiger partial charge in [0.05, 0.1) is 18.0 Å². The number of benzene rings is 1. The van der Waals surface area contributed by atoms with Crippen LogP contribution in [-0.2, 0) is 14.8 Å². The average Bonchev–Trinajstić information content (AvgIpc) is 2.44. The van der Waals surface area contributed by atoms with E-state index in [0.29, 0.717) is 17.9 Å². The Bertz CT molecular complexity index is 626. The molecule has 22 heavy (non-hydrogen) atoms. The summed E-state index contributed by atoms with van der Waals surface area (Å²) in [5.74, 6) is 0.375. The Labute approximate surface area is 132 Å². The van der Waals surface area contributed by atoms with Gasteiger partial charge in [-0.3, -0.25) is 4.79 Å². The third kappa shape index (κ3) is 4.20. The van der Waals surface area contributed by atoms with Crippen LogP contribution in [0, 0.1) is 6.92 Å². The quantitative estimate of drug-likeness (QED) is 0.760. The minimum absolute atomic E-state index is 0.168. The molecule has 0 N–H and O–H groups in total. The molecule has 0 bridgehead atoms. The summed E-state index contributed by atoms with van der Waals surface area (Å²) in [5, 5.41) is 0. The van der Waals surface area contributed by atoms with Crippen molar-refractivity contribution in [3.8, 4) is 5.75 Å². The largest absolute Gasteiger partial charge is 0.494 e. The first-order valence-corrected chi connectivity index (χ1v) is 8.61. The minimum atomic E-state index is -3.71. The van der Waals surface area contributed by atoms with Crippen LogP contribution < -0.4 is 4.74 Å². The van der Waals surface area contributed by atoms with Crippen LogP contribution in [0.4, 0.5) is 0 Å². The number of nitrogens with zero attached hydrogens (tertiary/aromatic N) is 2. The Balaban J connectivity index is 3.13. The van der Waals surface area contributed by atoms with Gasteiger partial charge < -0.3 is 9.64 Å². The summed E-state index contributed by atoms with van der Waals surface area (Å²) in [6.45, 7) is 5.88. The molecule has 0 aliphatic heterocycles. The Morgan fingerprint density at radius 3 is 2.32 bits per heavy atom. The Hall–Kier alpha value is -1.60. The number of sulfonamides is 1. The van der Waals surface area contributed by atoms with Crippen molar-refractivity contribution in [2.24, 2.45) is 0 Å². The van der Waals surface area contributed by atoms with Gasteiger partial charge in [-0.25, -0.2) is 8.42 Å². The second-order valence-electron chi connectivity index (χ2n) is 5.08. The predicted octanol–water partition coefficient (Wildman–Crippen LogP) is 1.49. The SMILES string of the molecule is CCOc1ccc(S(=O)(=O)N(CC)CC(=O)N(C)C)c(C)c1. The number of rotatable bonds is 7. The van der Waals surface area contributed by atoms with Crippen LogP contribution in [0.15, 0.2) is 23.1 Å². The van der Waals surface area contributed by atoms with Crippen LogP contribution in [0.25, 0.3) is 0 Å². The second kappa shape index (κ2) is 7.60. The van der Waals surface area contributed by atoms with Crippen molar-refractivity contribution in [3.05, 3.63) is 23.8 Å². The first-order valence-electron chi connectivity index (χ1n) is 7.17. The van der Waals surface area contributed by atoms with Crippen LogP contribution in [0.1, 0.15) is 19.4 Å². The maximum atomic E-state index is 12.7. The van der Waals surface area contributed by atoms with Crippen LogP contribution in [0.3, 0.4) is 0 Å². The van der Waals surface area contributed by atoms with E-state index in [2.05, 4.69) is 0 Å². The number of hydrogen-bond donors (Lipinski definition) is 0. The van der Waals surface area contributed by atoms with Gasteiger partial charge in [-0.05, 0) is 37.6 Å². The summed E-state index contributed by atoms with van der Waals surface area (Å²) in [6.07, 6.45) is 0. The molecule has 0 saturated heterocycles. The fourth-order valence-corrected chi connectivity index (χ4v) is 3.57. The third-order valence-electron chi connectivity index (χ3n) is 3.24. The number of hydrogen-bond acceptors (Lipinski definition) is 4. The van der Waals surface area contributed by atoms with Crippen molar-refractivity contribution in [1.29, 1.82) is 0 Å². The van der Waals surface area contributed by atoms with E-state index in [1.807, 2.05) is 6.92 Å². The number of aryl methyl sites for hydroxylation is 1. The standard InChI is InChI=1S/C15H24N2O4S/c1-6-17(11-15(18)16(4)5)22(19,20)14-9-8-13(21-7-2)10-12(14)3/h8-10H,6-7,11H2,1-5H3. The van der Waals surface area contributed by atoms with Crippen LogP contribution in [-0.4, -0.2) is 57.3 Å². The number of carbonyl (C=O) groups is 1. The van der Waals surface area contributed by atoms with Gasteiger partial charge in [0.15, 0.2) is 0 Å². The lowest BCUT2D eigenvalue weighted by Gasteiger charge is -2.23. The smallest absolute Gasteiger partial charge is 0.243 e. The summed E-state index contributed by atoms with van der Waals surface area (Å²) in [6, 6.07) is 4.85. The van der Waals surface area contributed by atoms with E-state index in [1.54, 1.807) is 40.1 Å². The van der Waals surface area contributed by atoms with E-state index in [9.17, 15) is 13.2 Å². The molecule has 0 atom stereocenters. The lowest BCUT2D eigenvalue weighted by Crippen LogP contribution is -2.40. The first kappa shape index (κ1) is 18.4. The zero-order valence-electron chi connectivity index (χ0n) is 13.8. The Kier molecular flexibility index (Phi) is 6.37. The lowest BCUT2D eigenvalue weighted by molar-refractivity contribution is -0.128. The second-order valence-corrected chi connectivity index (χ2v) is 6.99. The summed E-state index contributed by atoms with van der Waals surface area (Å²) >= 11 is 0. The van der Waals surface area contributed by atoms with E-state index in [1.165, 1.54) is 15.3 Å². The highest BCUT2D eigenvalue weighted by Gasteiger charge is 2.27. The number of carbonyl (C=O) groups excluding carboxylic acids is 1. The summed E-state index contributed by atoms with van der Waals surface area (Å²) in [7, 11) is -0.508. The zero-order valence-corrected chi connectivity index (χ0v) is 14.6. The molecule has 1 rings (SSSR count). The van der Waals surface area contributed by atoms with Gasteiger partial charge in [-0.15, -0.1) is 0 Å². The summed E-state index contributed by atoms with van der Waals surface area (Å²) < 4.78 is 32.0. The predicted molar refractivity (Wildman–Crippen MR) is 85.5 cm³/mol. The first-order chi connectivity index (χ1) is 10.2. The average molecular weight is 328 g/mol. The molecule has 0 saturated carbocycles. The number of ether oxygens (including phenoxy) is 1. The highest BCUT2D eigenvalue weighted by Crippen LogP contribution is 2.24. The summed E-state index contributed by atoms with van der Waals surface area (Å²) in [5.41, 5.74) is 0.599. The zero-order chi connectivity index (χ0) is 16.9. The maximum Gasteiger partial charge on any atom is 0.243 e. The van der Waals surface area contributed by atoms with E-state index in [-0.39, 0.29) is 23.9 Å². The molecular formula is C15H24N2O4S. The molecule has 6 nitrogen and oxygen atoms in total. The molecule has 124 valence electrons. The van der Waals surface area contributed by atoms with Crippen molar-refractivity contribution >= 4 is 15.9 Å². The van der Waals surface area contributed by atoms with E-state index < -0.39 is 10.0 Å². The van der Waals surface area contributed by atoms with Gasteiger partial charge in [0.1, 0.15) is 5.75 Å². The van der Waals surface area contributed by atoms with Crippen molar-refractivity contribution < 1.29 is 17.9 Å². The molecule has 7 heteroatoms. The topological polar surface area (TPSA) is 66.9 Å². The molecule has 0 aromatic heterocycles. The Morgan fingerprint density at radius 1 is 1.23 bits per heavy atom. The van der Waals surface area contributed by atoms with E-state index >= 15 is 0 Å². The fourth-order valence-electron chi connectivity index (χ4n) is 1.97. The van der Waals surface area contributed by atoms with Crippen molar-refractivity contribution in [1.82, 2.24) is 9.21 Å². The number of amides is 1. The van der Waals surface area contributed by atoms with Gasteiger partial charge in [-0.1, -0.05) is 6.92 Å². The molecule has 0 unspecified atom stereocenters. The highest BCUT2D eigenvalue weighted by atomic mass is 32.2. The van der Waals surface area contributed by atoms with Gasteiger partial charge >= 0.3 is 0 Å². The van der Waals surface area contributed by atoms with Crippen molar-refractivity contribution in [2.75, 3.05) is 33.8 Å². The molecular weight excluding hydrogens is 304 g/mol. The molecule has 0 heterocycles. The number of likely N-dealkylation sites (N-methyl/N-ethyl adjacent to an activating group) is 2. The van der Waals surface area contributed by atoms with E-state index in [0.717, 1.165) is 0 Å². The monoisotopic (exact) mass is 328 g/mol. The minimum Gasteiger partial charge on any atom is -0.494 e. The van der Waals surface area contributed by atoms with Gasteiger partial charge in [-0.2, -0.15) is 4.31 Å². The molecule has 1 amide bonds. The van der Waals surface area contributed by atoms with Crippen LogP contribution in [0.2, 0.25) is 0 Å². The summed E-state index contributed by atoms with van der Waals surface area (Å²) in [4.78, 5) is 13.4. The normalized spacial score (nSPS) is 11.5. The van der Waals surface area contributed by atoms with Crippen LogP contribution in [0.5, 0.6) is 5.75 Å².